The highest BCUT2D eigenvalue weighted by atomic mass is 32.2. The largest absolute Gasteiger partial charge is 0.496 e. The van der Waals surface area contributed by atoms with Gasteiger partial charge in [-0.1, -0.05) is 0 Å². The van der Waals surface area contributed by atoms with Gasteiger partial charge in [0.1, 0.15) is 16.6 Å². The van der Waals surface area contributed by atoms with Crippen LogP contribution in [0.1, 0.15) is 5.69 Å². The molecule has 84 valence electrons. The second kappa shape index (κ2) is 4.43. The van der Waals surface area contributed by atoms with E-state index in [-0.39, 0.29) is 5.82 Å². The number of thiol groups is 1. The van der Waals surface area contributed by atoms with E-state index in [2.05, 4.69) is 17.6 Å². The minimum absolute atomic E-state index is 0.302. The summed E-state index contributed by atoms with van der Waals surface area (Å²) in [7, 11) is 1.55. The molecule has 0 unspecified atom stereocenters. The first-order chi connectivity index (χ1) is 7.61. The average molecular weight is 255 g/mol. The van der Waals surface area contributed by atoms with Gasteiger partial charge in [-0.2, -0.15) is 0 Å². The van der Waals surface area contributed by atoms with Gasteiger partial charge in [0.15, 0.2) is 0 Å². The van der Waals surface area contributed by atoms with E-state index in [1.807, 2.05) is 6.92 Å². The van der Waals surface area contributed by atoms with Gasteiger partial charge in [-0.25, -0.2) is 9.37 Å². The lowest BCUT2D eigenvalue weighted by Crippen LogP contribution is -1.88. The molecular formula is C11H10FNOS2. The van der Waals surface area contributed by atoms with Crippen LogP contribution in [0.3, 0.4) is 0 Å². The van der Waals surface area contributed by atoms with Crippen molar-refractivity contribution in [1.29, 1.82) is 0 Å². The minimum Gasteiger partial charge on any atom is -0.496 e. The number of rotatable bonds is 2. The number of hydrogen-bond acceptors (Lipinski definition) is 4. The third kappa shape index (κ3) is 2.05. The first kappa shape index (κ1) is 11.4. The molecule has 2 nitrogen and oxygen atoms in total. The van der Waals surface area contributed by atoms with Crippen molar-refractivity contribution >= 4 is 24.0 Å². The molecule has 0 N–H and O–H groups in total. The Hall–Kier alpha value is -1.07. The number of nitrogens with zero attached hydrogens (tertiary/aromatic N) is 1. The highest BCUT2D eigenvalue weighted by Gasteiger charge is 2.12. The molecule has 0 aliphatic heterocycles. The Labute approximate surface area is 103 Å². The van der Waals surface area contributed by atoms with Crippen LogP contribution < -0.4 is 4.74 Å². The Morgan fingerprint density at radius 1 is 1.44 bits per heavy atom. The smallest absolute Gasteiger partial charge is 0.129 e. The first-order valence-corrected chi connectivity index (χ1v) is 5.88. The molecular weight excluding hydrogens is 245 g/mol. The number of aromatic nitrogens is 1. The van der Waals surface area contributed by atoms with Crippen molar-refractivity contribution in [3.05, 3.63) is 29.7 Å². The summed E-state index contributed by atoms with van der Waals surface area (Å²) in [6.45, 7) is 1.87. The molecule has 1 aromatic carbocycles. The van der Waals surface area contributed by atoms with Crippen molar-refractivity contribution in [3.63, 3.8) is 0 Å². The molecule has 0 fully saturated rings. The van der Waals surface area contributed by atoms with Crippen molar-refractivity contribution in [2.75, 3.05) is 7.11 Å². The van der Waals surface area contributed by atoms with Crippen molar-refractivity contribution in [2.24, 2.45) is 0 Å². The van der Waals surface area contributed by atoms with Gasteiger partial charge in [-0.3, -0.25) is 0 Å². The van der Waals surface area contributed by atoms with Gasteiger partial charge in [-0.15, -0.1) is 24.0 Å². The summed E-state index contributed by atoms with van der Waals surface area (Å²) in [6.07, 6.45) is 0. The number of thiazole rings is 1. The average Bonchev–Trinajstić information content (AvgIpc) is 2.59. The molecule has 0 aliphatic carbocycles. The SMILES string of the molecule is COc1ccc(F)cc1-c1nc(C)c(S)s1. The zero-order valence-corrected chi connectivity index (χ0v) is 10.5. The van der Waals surface area contributed by atoms with Gasteiger partial charge in [0.2, 0.25) is 0 Å². The lowest BCUT2D eigenvalue weighted by Gasteiger charge is -2.05. The number of methoxy groups -OCH3 is 1. The van der Waals surface area contributed by atoms with Gasteiger partial charge in [0.05, 0.1) is 22.6 Å². The monoisotopic (exact) mass is 255 g/mol. The molecule has 16 heavy (non-hydrogen) atoms. The second-order valence-corrected chi connectivity index (χ2v) is 5.00. The lowest BCUT2D eigenvalue weighted by atomic mass is 10.2. The maximum atomic E-state index is 13.2. The predicted molar refractivity (Wildman–Crippen MR) is 66.0 cm³/mol. The number of ether oxygens (including phenoxy) is 1. The summed E-state index contributed by atoms with van der Waals surface area (Å²) < 4.78 is 19.2. The first-order valence-electron chi connectivity index (χ1n) is 4.62. The summed E-state index contributed by atoms with van der Waals surface area (Å²) in [5, 5.41) is 0.721. The molecule has 0 spiro atoms. The third-order valence-corrected chi connectivity index (χ3v) is 3.75. The van der Waals surface area contributed by atoms with Crippen LogP contribution in [0, 0.1) is 12.7 Å². The van der Waals surface area contributed by atoms with Gasteiger partial charge in [0.25, 0.3) is 0 Å². The Balaban J connectivity index is 2.57. The molecule has 0 radical (unpaired) electrons. The molecule has 0 amide bonds. The molecule has 0 bridgehead atoms. The van der Waals surface area contributed by atoms with E-state index in [0.717, 1.165) is 14.9 Å². The normalized spacial score (nSPS) is 10.5. The summed E-state index contributed by atoms with van der Waals surface area (Å²) in [5.74, 6) is 0.313. The van der Waals surface area contributed by atoms with Gasteiger partial charge >= 0.3 is 0 Å². The molecule has 0 atom stereocenters. The maximum absolute atomic E-state index is 13.2. The molecule has 5 heteroatoms. The Morgan fingerprint density at radius 3 is 2.75 bits per heavy atom. The van der Waals surface area contributed by atoms with Crippen molar-refractivity contribution in [1.82, 2.24) is 4.98 Å². The van der Waals surface area contributed by atoms with Crippen molar-refractivity contribution < 1.29 is 9.13 Å². The molecule has 0 saturated carbocycles. The van der Waals surface area contributed by atoms with Gasteiger partial charge in [0, 0.05) is 0 Å². The maximum Gasteiger partial charge on any atom is 0.129 e. The molecule has 1 heterocycles. The van der Waals surface area contributed by atoms with E-state index < -0.39 is 0 Å². The van der Waals surface area contributed by atoms with Crippen LogP contribution in [-0.4, -0.2) is 12.1 Å². The van der Waals surface area contributed by atoms with E-state index in [0.29, 0.717) is 11.3 Å². The van der Waals surface area contributed by atoms with Crippen molar-refractivity contribution in [2.45, 2.75) is 11.1 Å². The topological polar surface area (TPSA) is 22.1 Å². The summed E-state index contributed by atoms with van der Waals surface area (Å²) in [6, 6.07) is 4.38. The minimum atomic E-state index is -0.302. The van der Waals surface area contributed by atoms with E-state index in [1.165, 1.54) is 23.5 Å². The van der Waals surface area contributed by atoms with E-state index >= 15 is 0 Å². The zero-order chi connectivity index (χ0) is 11.7. The van der Waals surface area contributed by atoms with E-state index in [9.17, 15) is 4.39 Å². The van der Waals surface area contributed by atoms with Crippen LogP contribution >= 0.6 is 24.0 Å². The molecule has 0 aliphatic rings. The van der Waals surface area contributed by atoms with Crippen LogP contribution in [0.15, 0.2) is 22.4 Å². The summed E-state index contributed by atoms with van der Waals surface area (Å²) >= 11 is 5.69. The third-order valence-electron chi connectivity index (χ3n) is 2.16. The standard InChI is InChI=1S/C11H10FNOS2/c1-6-11(15)16-10(13-6)8-5-7(12)3-4-9(8)14-2/h3-5,15H,1-2H3. The summed E-state index contributed by atoms with van der Waals surface area (Å²) in [5.41, 5.74) is 1.51. The summed E-state index contributed by atoms with van der Waals surface area (Å²) in [4.78, 5) is 4.33. The number of aryl methyl sites for hydroxylation is 1. The predicted octanol–water partition coefficient (Wildman–Crippen LogP) is 3.55. The number of benzene rings is 1. The second-order valence-electron chi connectivity index (χ2n) is 3.25. The van der Waals surface area contributed by atoms with E-state index in [1.54, 1.807) is 13.2 Å². The fourth-order valence-electron chi connectivity index (χ4n) is 1.35. The van der Waals surface area contributed by atoms with Crippen molar-refractivity contribution in [3.8, 4) is 16.3 Å². The Morgan fingerprint density at radius 2 is 2.19 bits per heavy atom. The van der Waals surface area contributed by atoms with Crippen LogP contribution in [0.25, 0.3) is 10.6 Å². The number of halogens is 1. The molecule has 2 rings (SSSR count). The van der Waals surface area contributed by atoms with Gasteiger partial charge in [-0.05, 0) is 25.1 Å². The zero-order valence-electron chi connectivity index (χ0n) is 8.82. The molecule has 1 aromatic heterocycles. The highest BCUT2D eigenvalue weighted by molar-refractivity contribution is 7.83. The fourth-order valence-corrected chi connectivity index (χ4v) is 2.49. The quantitative estimate of drug-likeness (QED) is 0.829. The Kier molecular flexibility index (Phi) is 3.16. The van der Waals surface area contributed by atoms with Gasteiger partial charge < -0.3 is 4.74 Å². The highest BCUT2D eigenvalue weighted by Crippen LogP contribution is 2.35. The lowest BCUT2D eigenvalue weighted by molar-refractivity contribution is 0.415. The fraction of sp³-hybridized carbons (Fsp3) is 0.182. The molecule has 0 saturated heterocycles. The van der Waals surface area contributed by atoms with Crippen LogP contribution in [-0.2, 0) is 0 Å². The van der Waals surface area contributed by atoms with Crippen LogP contribution in [0.4, 0.5) is 4.39 Å². The number of hydrogen-bond donors (Lipinski definition) is 1. The Bertz CT molecular complexity index is 505. The van der Waals surface area contributed by atoms with E-state index in [4.69, 9.17) is 4.74 Å². The molecule has 2 aromatic rings. The van der Waals surface area contributed by atoms with Crippen LogP contribution in [0.2, 0.25) is 0 Å². The van der Waals surface area contributed by atoms with Crippen LogP contribution in [0.5, 0.6) is 5.75 Å².